The van der Waals surface area contributed by atoms with Gasteiger partial charge in [0.1, 0.15) is 0 Å². The lowest BCUT2D eigenvalue weighted by atomic mass is 10.2. The summed E-state index contributed by atoms with van der Waals surface area (Å²) in [4.78, 5) is 10.8. The van der Waals surface area contributed by atoms with Gasteiger partial charge in [0.05, 0.1) is 0 Å². The minimum Gasteiger partial charge on any atom is -0.354 e. The number of carbonyl (C=O) groups excluding carboxylic acids is 1. The summed E-state index contributed by atoms with van der Waals surface area (Å²) in [5.41, 5.74) is 0. The van der Waals surface area contributed by atoms with Crippen molar-refractivity contribution in [1.29, 1.82) is 0 Å². The molecule has 21 heteroatoms. The number of rotatable bonds is 7. The molecule has 2 unspecified atom stereocenters. The van der Waals surface area contributed by atoms with Crippen LogP contribution in [0, 0.1) is 0 Å². The maximum absolute atomic E-state index is 13.7. The zero-order chi connectivity index (χ0) is 25.7. The third kappa shape index (κ3) is 4.85. The van der Waals surface area contributed by atoms with Crippen LogP contribution in [0.15, 0.2) is 0 Å². The van der Waals surface area contributed by atoms with Crippen molar-refractivity contribution >= 4 is 5.91 Å². The molecule has 1 amide bonds. The van der Waals surface area contributed by atoms with Crippen molar-refractivity contribution in [3.63, 3.8) is 0 Å². The van der Waals surface area contributed by atoms with Gasteiger partial charge in [-0.25, -0.2) is 0 Å². The highest BCUT2D eigenvalue weighted by molar-refractivity contribution is 5.84. The molecule has 31 heavy (non-hydrogen) atoms. The van der Waals surface area contributed by atoms with Crippen LogP contribution in [0.25, 0.3) is 0 Å². The van der Waals surface area contributed by atoms with Crippen LogP contribution in [-0.2, 0) is 14.3 Å². The minimum absolute atomic E-state index is 0.0187. The molecule has 186 valence electrons. The van der Waals surface area contributed by atoms with Gasteiger partial charge in [0.2, 0.25) is 0 Å². The quantitative estimate of drug-likeness (QED) is 0.511. The van der Waals surface area contributed by atoms with Crippen LogP contribution in [0.2, 0.25) is 0 Å². The van der Waals surface area contributed by atoms with E-state index in [0.717, 1.165) is 0 Å². The SMILES string of the molecule is CNC(=O)C(F)(OC(F)(F)C(F)(OC(F)(F)C(F)(F)C(F)(F)F)C(F)(F)F)C(F)(F)F. The highest BCUT2D eigenvalue weighted by Gasteiger charge is 2.85. The van der Waals surface area contributed by atoms with Crippen molar-refractivity contribution in [1.82, 2.24) is 5.32 Å². The molecule has 0 aromatic heterocycles. The zero-order valence-electron chi connectivity index (χ0n) is 13.7. The molecular weight excluding hydrogens is 505 g/mol. The van der Waals surface area contributed by atoms with Gasteiger partial charge in [-0.2, -0.15) is 74.6 Å². The minimum atomic E-state index is -8.01. The third-order valence-corrected chi connectivity index (χ3v) is 2.88. The second-order valence-electron chi connectivity index (χ2n) is 5.07. The Labute approximate surface area is 157 Å². The van der Waals surface area contributed by atoms with Crippen molar-refractivity contribution in [3.8, 4) is 0 Å². The first-order chi connectivity index (χ1) is 13.1. The summed E-state index contributed by atoms with van der Waals surface area (Å²) in [6.45, 7) is 0. The molecular formula is C10H4F17NO3. The molecule has 0 aliphatic rings. The molecule has 4 nitrogen and oxygen atoms in total. The molecule has 0 aliphatic carbocycles. The lowest BCUT2D eigenvalue weighted by Crippen LogP contribution is -2.68. The van der Waals surface area contributed by atoms with Crippen LogP contribution in [0.3, 0.4) is 0 Å². The number of alkyl halides is 17. The maximum atomic E-state index is 13.7. The zero-order valence-corrected chi connectivity index (χ0v) is 13.7. The molecule has 0 aromatic carbocycles. The topological polar surface area (TPSA) is 47.6 Å². The Balaban J connectivity index is 6.69. The molecule has 1 N–H and O–H groups in total. The fourth-order valence-electron chi connectivity index (χ4n) is 1.32. The molecule has 2 atom stereocenters. The standard InChI is InChI=1S/C10H4F17NO3/c1-28-2(29)3(11,6(15,16)17)30-10(26,27)5(14,8(21,22)23)31-9(24,25)4(12,13)7(18,19)20/h1H3,(H,28,29). The average molecular weight is 509 g/mol. The predicted octanol–water partition coefficient (Wildman–Crippen LogP) is 4.61. The first-order valence-electron chi connectivity index (χ1n) is 6.48. The van der Waals surface area contributed by atoms with E-state index >= 15 is 0 Å². The van der Waals surface area contributed by atoms with Gasteiger partial charge in [-0.1, -0.05) is 0 Å². The van der Waals surface area contributed by atoms with Crippen LogP contribution < -0.4 is 5.32 Å². The lowest BCUT2D eigenvalue weighted by Gasteiger charge is -2.40. The van der Waals surface area contributed by atoms with Crippen LogP contribution in [0.4, 0.5) is 74.6 Å². The molecule has 0 heterocycles. The third-order valence-electron chi connectivity index (χ3n) is 2.88. The second kappa shape index (κ2) is 7.66. The Morgan fingerprint density at radius 3 is 1.23 bits per heavy atom. The van der Waals surface area contributed by atoms with E-state index in [4.69, 9.17) is 0 Å². The first kappa shape index (κ1) is 29.2. The van der Waals surface area contributed by atoms with Crippen molar-refractivity contribution < 1.29 is 88.9 Å². The fourth-order valence-corrected chi connectivity index (χ4v) is 1.32. The van der Waals surface area contributed by atoms with Gasteiger partial charge in [0, 0.05) is 7.05 Å². The van der Waals surface area contributed by atoms with Gasteiger partial charge in [0.25, 0.3) is 5.91 Å². The van der Waals surface area contributed by atoms with Crippen molar-refractivity contribution in [2.24, 2.45) is 0 Å². The van der Waals surface area contributed by atoms with E-state index in [0.29, 0.717) is 5.32 Å². The lowest BCUT2D eigenvalue weighted by molar-refractivity contribution is -0.548. The largest absolute Gasteiger partial charge is 0.462 e. The molecule has 0 saturated heterocycles. The maximum Gasteiger partial charge on any atom is 0.462 e. The van der Waals surface area contributed by atoms with E-state index in [1.165, 1.54) is 4.74 Å². The number of hydrogen-bond acceptors (Lipinski definition) is 3. The van der Waals surface area contributed by atoms with Gasteiger partial charge in [0.15, 0.2) is 0 Å². The summed E-state index contributed by atoms with van der Waals surface area (Å²) < 4.78 is 219. The van der Waals surface area contributed by atoms with Crippen LogP contribution in [-0.4, -0.2) is 61.3 Å². The number of likely N-dealkylation sites (N-methyl/N-ethyl adjacent to an activating group) is 1. The van der Waals surface area contributed by atoms with Crippen molar-refractivity contribution in [2.75, 3.05) is 7.05 Å². The number of halogens is 17. The van der Waals surface area contributed by atoms with E-state index in [9.17, 15) is 79.4 Å². The smallest absolute Gasteiger partial charge is 0.354 e. The van der Waals surface area contributed by atoms with Gasteiger partial charge in [-0.05, 0) is 0 Å². The summed E-state index contributed by atoms with van der Waals surface area (Å²) in [6, 6.07) is 0. The number of amides is 1. The molecule has 0 rings (SSSR count). The Bertz CT molecular complexity index is 667. The summed E-state index contributed by atoms with van der Waals surface area (Å²) >= 11 is 0. The molecule has 0 saturated carbocycles. The van der Waals surface area contributed by atoms with E-state index in [1.807, 2.05) is 0 Å². The fraction of sp³-hybridized carbons (Fsp3) is 0.900. The van der Waals surface area contributed by atoms with E-state index in [-0.39, 0.29) is 7.05 Å². The van der Waals surface area contributed by atoms with E-state index < -0.39 is 54.3 Å². The summed E-state index contributed by atoms with van der Waals surface area (Å²) in [6.07, 6.45) is -38.3. The average Bonchev–Trinajstić information content (AvgIpc) is 2.49. The number of ether oxygens (including phenoxy) is 2. The molecule has 0 bridgehead atoms. The first-order valence-corrected chi connectivity index (χ1v) is 6.48. The highest BCUT2D eigenvalue weighted by atomic mass is 19.4. The predicted molar refractivity (Wildman–Crippen MR) is 56.9 cm³/mol. The molecule has 0 aliphatic heterocycles. The Kier molecular flexibility index (Phi) is 7.21. The number of carbonyl (C=O) groups is 1. The van der Waals surface area contributed by atoms with E-state index in [1.54, 1.807) is 4.74 Å². The van der Waals surface area contributed by atoms with Crippen LogP contribution in [0.1, 0.15) is 0 Å². The van der Waals surface area contributed by atoms with E-state index in [2.05, 4.69) is 0 Å². The molecule has 0 spiro atoms. The Morgan fingerprint density at radius 2 is 0.968 bits per heavy atom. The van der Waals surface area contributed by atoms with Gasteiger partial charge in [-0.15, -0.1) is 0 Å². The van der Waals surface area contributed by atoms with Gasteiger partial charge < -0.3 is 5.32 Å². The summed E-state index contributed by atoms with van der Waals surface area (Å²) in [7, 11) is 0.0187. The monoisotopic (exact) mass is 509 g/mol. The van der Waals surface area contributed by atoms with Crippen molar-refractivity contribution in [2.45, 2.75) is 48.4 Å². The molecule has 0 fully saturated rings. The van der Waals surface area contributed by atoms with Gasteiger partial charge in [-0.3, -0.25) is 14.3 Å². The summed E-state index contributed by atoms with van der Waals surface area (Å²) in [5, 5.41) is 0.564. The number of nitrogens with one attached hydrogen (secondary N) is 1. The van der Waals surface area contributed by atoms with Gasteiger partial charge >= 0.3 is 48.4 Å². The molecule has 0 radical (unpaired) electrons. The Morgan fingerprint density at radius 1 is 0.581 bits per heavy atom. The van der Waals surface area contributed by atoms with Crippen molar-refractivity contribution in [3.05, 3.63) is 0 Å². The molecule has 0 aromatic rings. The van der Waals surface area contributed by atoms with Crippen LogP contribution >= 0.6 is 0 Å². The highest BCUT2D eigenvalue weighted by Crippen LogP contribution is 2.56. The summed E-state index contributed by atoms with van der Waals surface area (Å²) in [5.74, 6) is -26.0. The number of hydrogen-bond donors (Lipinski definition) is 1. The Hall–Kier alpha value is -1.80. The second-order valence-corrected chi connectivity index (χ2v) is 5.07. The van der Waals surface area contributed by atoms with Crippen LogP contribution in [0.5, 0.6) is 0 Å². The normalized spacial score (nSPS) is 18.9.